The van der Waals surface area contributed by atoms with Crippen molar-refractivity contribution in [2.75, 3.05) is 4.72 Å². The third-order valence-corrected chi connectivity index (χ3v) is 1.95. The van der Waals surface area contributed by atoms with E-state index < -0.39 is 0 Å². The van der Waals surface area contributed by atoms with Gasteiger partial charge in [0.1, 0.15) is 5.82 Å². The van der Waals surface area contributed by atoms with Crippen molar-refractivity contribution < 1.29 is 4.39 Å². The molecule has 1 nitrogen and oxygen atoms in total. The largest absolute Gasteiger partial charge is 0.331 e. The molecule has 1 rings (SSSR count). The van der Waals surface area contributed by atoms with E-state index in [9.17, 15) is 4.39 Å². The molecule has 0 radical (unpaired) electrons. The molecular formula is C6H5BrFNS. The lowest BCUT2D eigenvalue weighted by atomic mass is 10.3. The van der Waals surface area contributed by atoms with Crippen molar-refractivity contribution in [2.45, 2.75) is 0 Å². The summed E-state index contributed by atoms with van der Waals surface area (Å²) >= 11 is 6.97. The molecule has 10 heavy (non-hydrogen) atoms. The highest BCUT2D eigenvalue weighted by Gasteiger charge is 1.97. The third-order valence-electron chi connectivity index (χ3n) is 1.05. The van der Waals surface area contributed by atoms with Crippen LogP contribution in [-0.4, -0.2) is 0 Å². The number of benzene rings is 1. The molecule has 0 aromatic heterocycles. The first-order chi connectivity index (χ1) is 4.74. The molecule has 4 heteroatoms. The molecule has 0 spiro atoms. The van der Waals surface area contributed by atoms with Gasteiger partial charge < -0.3 is 4.72 Å². The lowest BCUT2D eigenvalue weighted by Crippen LogP contribution is -1.82. The maximum atomic E-state index is 12.4. The van der Waals surface area contributed by atoms with Gasteiger partial charge >= 0.3 is 0 Å². The fraction of sp³-hybridized carbons (Fsp3) is 0. The van der Waals surface area contributed by atoms with Crippen LogP contribution in [0.3, 0.4) is 0 Å². The van der Waals surface area contributed by atoms with Crippen molar-refractivity contribution in [1.29, 1.82) is 0 Å². The van der Waals surface area contributed by atoms with Crippen molar-refractivity contribution in [1.82, 2.24) is 0 Å². The Kier molecular flexibility index (Phi) is 2.56. The van der Waals surface area contributed by atoms with E-state index in [1.807, 2.05) is 0 Å². The molecule has 1 aromatic carbocycles. The predicted molar refractivity (Wildman–Crippen MR) is 46.7 cm³/mol. The van der Waals surface area contributed by atoms with E-state index in [1.165, 1.54) is 12.1 Å². The fourth-order valence-corrected chi connectivity index (χ4v) is 1.38. The maximum Gasteiger partial charge on any atom is 0.124 e. The van der Waals surface area contributed by atoms with E-state index in [0.29, 0.717) is 4.47 Å². The van der Waals surface area contributed by atoms with Crippen LogP contribution in [0.15, 0.2) is 22.7 Å². The second-order valence-corrected chi connectivity index (χ2v) is 2.81. The van der Waals surface area contributed by atoms with Crippen molar-refractivity contribution in [3.05, 3.63) is 28.5 Å². The van der Waals surface area contributed by atoms with E-state index in [2.05, 4.69) is 33.5 Å². The second kappa shape index (κ2) is 3.25. The molecule has 0 atom stereocenters. The number of rotatable bonds is 1. The Labute approximate surface area is 72.3 Å². The molecule has 0 aliphatic heterocycles. The zero-order valence-corrected chi connectivity index (χ0v) is 7.42. The molecule has 0 unspecified atom stereocenters. The molecule has 1 N–H and O–H groups in total. The van der Waals surface area contributed by atoms with E-state index in [4.69, 9.17) is 0 Å². The highest BCUT2D eigenvalue weighted by Crippen LogP contribution is 2.23. The monoisotopic (exact) mass is 221 g/mol. The average Bonchev–Trinajstić information content (AvgIpc) is 1.88. The number of nitrogens with one attached hydrogen (secondary N) is 1. The van der Waals surface area contributed by atoms with E-state index in [1.54, 1.807) is 6.07 Å². The number of thiol groups is 1. The first-order valence-corrected chi connectivity index (χ1v) is 3.83. The maximum absolute atomic E-state index is 12.4. The molecule has 0 amide bonds. The van der Waals surface area contributed by atoms with Crippen molar-refractivity contribution in [2.24, 2.45) is 0 Å². The summed E-state index contributed by atoms with van der Waals surface area (Å²) in [5, 5.41) is 0. The number of hydrogen-bond acceptors (Lipinski definition) is 2. The first kappa shape index (κ1) is 7.88. The van der Waals surface area contributed by atoms with Crippen molar-refractivity contribution in [3.8, 4) is 0 Å². The van der Waals surface area contributed by atoms with Crippen LogP contribution in [0.4, 0.5) is 10.1 Å². The molecule has 0 aliphatic rings. The van der Waals surface area contributed by atoms with E-state index >= 15 is 0 Å². The van der Waals surface area contributed by atoms with Crippen LogP contribution in [0.5, 0.6) is 0 Å². The summed E-state index contributed by atoms with van der Waals surface area (Å²) < 4.78 is 15.7. The molecule has 1 aromatic rings. The Morgan fingerprint density at radius 1 is 1.50 bits per heavy atom. The zero-order valence-electron chi connectivity index (χ0n) is 4.94. The van der Waals surface area contributed by atoms with Gasteiger partial charge in [-0.15, -0.1) is 0 Å². The number of anilines is 1. The van der Waals surface area contributed by atoms with Gasteiger partial charge in [0.05, 0.1) is 5.69 Å². The smallest absolute Gasteiger partial charge is 0.124 e. The molecule has 0 aliphatic carbocycles. The molecule has 54 valence electrons. The van der Waals surface area contributed by atoms with Crippen LogP contribution in [0.1, 0.15) is 0 Å². The Morgan fingerprint density at radius 3 is 2.70 bits per heavy atom. The van der Waals surface area contributed by atoms with Gasteiger partial charge in [-0.3, -0.25) is 0 Å². The SMILES string of the molecule is Fc1ccc(NS)c(Br)c1. The zero-order chi connectivity index (χ0) is 7.56. The van der Waals surface area contributed by atoms with Gasteiger partial charge in [-0.25, -0.2) is 4.39 Å². The average molecular weight is 222 g/mol. The van der Waals surface area contributed by atoms with E-state index in [0.717, 1.165) is 5.69 Å². The van der Waals surface area contributed by atoms with Gasteiger partial charge in [0.25, 0.3) is 0 Å². The molecule has 0 saturated carbocycles. The van der Waals surface area contributed by atoms with Gasteiger partial charge in [0.15, 0.2) is 0 Å². The quantitative estimate of drug-likeness (QED) is 0.696. The highest BCUT2D eigenvalue weighted by molar-refractivity contribution is 9.10. The van der Waals surface area contributed by atoms with Gasteiger partial charge in [0, 0.05) is 4.47 Å². The normalized spacial score (nSPS) is 9.50. The van der Waals surface area contributed by atoms with E-state index in [-0.39, 0.29) is 5.82 Å². The van der Waals surface area contributed by atoms with Crippen LogP contribution in [0.2, 0.25) is 0 Å². The molecular weight excluding hydrogens is 217 g/mol. The minimum Gasteiger partial charge on any atom is -0.331 e. The molecule has 0 bridgehead atoms. The second-order valence-electron chi connectivity index (χ2n) is 1.74. The Balaban J connectivity index is 3.07. The lowest BCUT2D eigenvalue weighted by molar-refractivity contribution is 0.627. The van der Waals surface area contributed by atoms with Crippen LogP contribution in [-0.2, 0) is 0 Å². The Hall–Kier alpha value is -0.220. The van der Waals surface area contributed by atoms with Gasteiger partial charge in [-0.05, 0) is 34.1 Å². The van der Waals surface area contributed by atoms with Crippen molar-refractivity contribution in [3.63, 3.8) is 0 Å². The van der Waals surface area contributed by atoms with Gasteiger partial charge in [-0.1, -0.05) is 12.8 Å². The topological polar surface area (TPSA) is 12.0 Å². The molecule has 0 fully saturated rings. The summed E-state index contributed by atoms with van der Waals surface area (Å²) in [4.78, 5) is 0. The fourth-order valence-electron chi connectivity index (χ4n) is 0.580. The highest BCUT2D eigenvalue weighted by atomic mass is 79.9. The third kappa shape index (κ3) is 1.64. The lowest BCUT2D eigenvalue weighted by Gasteiger charge is -2.00. The predicted octanol–water partition coefficient (Wildman–Crippen LogP) is 2.84. The van der Waals surface area contributed by atoms with Crippen molar-refractivity contribution >= 4 is 34.4 Å². The van der Waals surface area contributed by atoms with Gasteiger partial charge in [-0.2, -0.15) is 0 Å². The minimum absolute atomic E-state index is 0.265. The Bertz CT molecular complexity index is 241. The van der Waals surface area contributed by atoms with Crippen LogP contribution in [0.25, 0.3) is 0 Å². The summed E-state index contributed by atoms with van der Waals surface area (Å²) in [5.74, 6) is -0.265. The van der Waals surface area contributed by atoms with Crippen LogP contribution < -0.4 is 4.72 Å². The summed E-state index contributed by atoms with van der Waals surface area (Å²) in [6.45, 7) is 0. The summed E-state index contributed by atoms with van der Waals surface area (Å²) in [6.07, 6.45) is 0. The first-order valence-electron chi connectivity index (χ1n) is 2.59. The van der Waals surface area contributed by atoms with Crippen LogP contribution >= 0.6 is 28.7 Å². The number of halogens is 2. The number of hydrogen-bond donors (Lipinski definition) is 2. The van der Waals surface area contributed by atoms with Crippen LogP contribution in [0, 0.1) is 5.82 Å². The van der Waals surface area contributed by atoms with Gasteiger partial charge in [0.2, 0.25) is 0 Å². The molecule has 0 heterocycles. The summed E-state index contributed by atoms with van der Waals surface area (Å²) in [5.41, 5.74) is 0.754. The summed E-state index contributed by atoms with van der Waals surface area (Å²) in [7, 11) is 0. The standard InChI is InChI=1S/C6H5BrFNS/c7-5-3-4(8)1-2-6(5)9-10/h1-3,9-10H. The molecule has 0 saturated heterocycles. The Morgan fingerprint density at radius 2 is 2.20 bits per heavy atom. The minimum atomic E-state index is -0.265. The summed E-state index contributed by atoms with van der Waals surface area (Å²) in [6, 6.07) is 4.34.